The lowest BCUT2D eigenvalue weighted by atomic mass is 9.93. The molecule has 0 aromatic heterocycles. The van der Waals surface area contributed by atoms with Gasteiger partial charge in [0, 0.05) is 53.0 Å². The van der Waals surface area contributed by atoms with Crippen molar-refractivity contribution < 1.29 is 112 Å². The molecule has 0 radical (unpaired) electrons. The Bertz CT molecular complexity index is 6280. The molecule has 0 saturated heterocycles. The Morgan fingerprint density at radius 3 is 0.963 bits per heavy atom. The van der Waals surface area contributed by atoms with E-state index >= 15 is 0 Å². The van der Waals surface area contributed by atoms with Crippen LogP contribution < -0.4 is 89.4 Å². The highest BCUT2D eigenvalue weighted by Gasteiger charge is 2.34. The van der Waals surface area contributed by atoms with Crippen molar-refractivity contribution >= 4 is 131 Å². The topological polar surface area (TPSA) is 662 Å². The Hall–Kier alpha value is -12.8. The molecule has 12 rings (SSSR count). The van der Waals surface area contributed by atoms with Crippen LogP contribution in [-0.2, 0) is 123 Å². The molecule has 0 aliphatic carbocycles. The Kier molecular flexibility index (Phi) is 39.4. The lowest BCUT2D eigenvalue weighted by Crippen LogP contribution is -2.39. The van der Waals surface area contributed by atoms with Crippen molar-refractivity contribution in [1.29, 1.82) is 0 Å². The maximum atomic E-state index is 11.8. The number of hydrogen-bond acceptors (Lipinski definition) is 31. The molecule has 5 amide bonds. The standard InChI is InChI=1S/C17H25N3O5S.C15H19N3O4S.2C14H19N3O4S.C14H18N2O4S.C12H15N3O4S/c1-17(2,3)25-16(21)19-9-4-5-10-24-13-8-6-7-12-11-26(22,23)20-15(18)14(12)13;1-2-8-17-13(19)7-4-9-22-12-6-3-5-11-10-23(20,21)18-15(16)14(11)12;1-14(2,13(18)16-3)8-21-10-6-4-5-9-7-22(19,20)17-12(15)11(9)10;1-10(18)16-7-2-3-8-21-12-6-4-5-11-9-22(19,20)17-14(15)13(11)12;1-10(17)5-2-3-8-20-12-7-4-6-11-9-21(18,19)16-14(15)13(11)12;1-8(16)14-5-6-19-10-4-2-3-9-7-20(17,18)15-12(13)11(9)10/h6-8H,4-5,9-11H2,1-3H3,(H2,18,20)(H,19,21);3-7H,2,8-10H2,1H3,(H2,16,18)(H,17,19);4-6H,7-8H2,1-3H3,(H2,15,17)(H,16,18);4-6H,2-3,7-9H2,1H3,(H2,15,17)(H,16,18);4,6-7H,2-3,5,8-9H2,1H3,(H2,15,16);2-4H,5-7H2,1H3,(H2,13,15)(H,14,16)/b;7-4+;;;;. The number of hydrogen-bond donors (Lipinski definition) is 11. The number of carbonyl (C=O) groups is 6. The zero-order valence-electron chi connectivity index (χ0n) is 75.8. The van der Waals surface area contributed by atoms with E-state index in [0.29, 0.717) is 167 Å². The quantitative estimate of drug-likeness (QED) is 0.0202. The van der Waals surface area contributed by atoms with Gasteiger partial charge >= 0.3 is 6.09 Å². The molecule has 42 nitrogen and oxygen atoms in total. The molecule has 6 aromatic rings. The molecule has 17 N–H and O–H groups in total. The smallest absolute Gasteiger partial charge is 0.407 e. The highest BCUT2D eigenvalue weighted by atomic mass is 32.2. The zero-order chi connectivity index (χ0) is 99.2. The number of unbranched alkanes of at least 4 members (excludes halogenated alkanes) is 3. The van der Waals surface area contributed by atoms with Crippen LogP contribution in [0, 0.1) is 5.41 Å². The van der Waals surface area contributed by atoms with Gasteiger partial charge in [0.25, 0.3) is 60.1 Å². The molecular formula is C86H115N17O25S6. The van der Waals surface area contributed by atoms with E-state index in [4.69, 9.17) is 67.6 Å². The summed E-state index contributed by atoms with van der Waals surface area (Å²) in [5.41, 5.74) is 39.8. The molecule has 0 unspecified atom stereocenters. The van der Waals surface area contributed by atoms with Gasteiger partial charge in [-0.3, -0.25) is 19.2 Å². The lowest BCUT2D eigenvalue weighted by Gasteiger charge is -2.24. The largest absolute Gasteiger partial charge is 0.493 e. The number of amides is 5. The van der Waals surface area contributed by atoms with Gasteiger partial charge < -0.3 is 98.9 Å². The van der Waals surface area contributed by atoms with Crippen LogP contribution in [0.15, 0.2) is 148 Å². The first-order valence-corrected chi connectivity index (χ1v) is 51.6. The number of amidine groups is 6. The van der Waals surface area contributed by atoms with E-state index in [9.17, 15) is 79.3 Å². The fourth-order valence-electron chi connectivity index (χ4n) is 13.1. The van der Waals surface area contributed by atoms with Gasteiger partial charge in [0.05, 0.1) is 99.7 Å². The molecule has 6 aliphatic rings. The second kappa shape index (κ2) is 48.7. The molecule has 6 heterocycles. The number of nitrogens with zero attached hydrogens (tertiary/aromatic N) is 6. The van der Waals surface area contributed by atoms with E-state index in [2.05, 4.69) is 53.0 Å². The van der Waals surface area contributed by atoms with Crippen LogP contribution in [0.25, 0.3) is 0 Å². The van der Waals surface area contributed by atoms with E-state index in [1.165, 1.54) is 19.9 Å². The van der Waals surface area contributed by atoms with Crippen LogP contribution in [0.2, 0.25) is 0 Å². The zero-order valence-corrected chi connectivity index (χ0v) is 80.7. The van der Waals surface area contributed by atoms with Crippen molar-refractivity contribution in [1.82, 2.24) is 26.6 Å². The number of ketones is 1. The summed E-state index contributed by atoms with van der Waals surface area (Å²) >= 11 is 0. The summed E-state index contributed by atoms with van der Waals surface area (Å²) in [7, 11) is -19.8. The Morgan fingerprint density at radius 1 is 0.373 bits per heavy atom. The third kappa shape index (κ3) is 35.0. The van der Waals surface area contributed by atoms with E-state index in [1.54, 1.807) is 164 Å². The molecule has 6 aromatic carbocycles. The Balaban J connectivity index is 0.000000220. The minimum atomic E-state index is -3.58. The minimum absolute atomic E-state index is 0.0319. The number of nitrogens with two attached hydrogens (primary N) is 6. The van der Waals surface area contributed by atoms with Crippen LogP contribution in [0.4, 0.5) is 4.79 Å². The van der Waals surface area contributed by atoms with Gasteiger partial charge in [-0.05, 0) is 162 Å². The number of ether oxygens (including phenoxy) is 7. The van der Waals surface area contributed by atoms with Gasteiger partial charge in [-0.25, -0.2) is 55.3 Å². The monoisotopic (exact) mass is 1980 g/mol. The molecule has 0 saturated carbocycles. The number of alkyl carbamates (subject to hydrolysis) is 1. The van der Waals surface area contributed by atoms with Crippen molar-refractivity contribution in [3.63, 3.8) is 0 Å². The number of Topliss-reactive ketones (excluding diaryl/α,β-unsaturated/α-hetero) is 1. The molecule has 730 valence electrons. The molecular weight excluding hydrogens is 1860 g/mol. The van der Waals surface area contributed by atoms with Crippen LogP contribution in [0.5, 0.6) is 34.5 Å². The SMILES string of the molecule is CC(=O)CCCCOc1cccc2c1C(N)=NS(=O)(=O)C2.CC(=O)NCCCCOc1cccc2c1C(N)=NS(=O)(=O)C2.CC(=O)NCCOc1cccc2c1C(N)=NS(=O)(=O)C2.CC(C)(C)OC(=O)NCCCCOc1cccc2c1C(N)=NS(=O)(=O)C2.CCCNC(=O)/C=C/COc1cccc2c1C(N)=NS(=O)(=O)C2.CNC(=O)C(C)(C)COc1cccc2c1C(N)=NS(=O)(=O)C2. The second-order valence-electron chi connectivity index (χ2n) is 32.1. The molecule has 0 fully saturated rings. The average molecular weight is 1980 g/mol. The van der Waals surface area contributed by atoms with Gasteiger partial charge in [-0.15, -0.1) is 26.4 Å². The van der Waals surface area contributed by atoms with Crippen LogP contribution >= 0.6 is 0 Å². The third-order valence-electron chi connectivity index (χ3n) is 18.9. The summed E-state index contributed by atoms with van der Waals surface area (Å²) in [6.07, 6.45) is 8.44. The van der Waals surface area contributed by atoms with Gasteiger partial charge in [0.2, 0.25) is 23.6 Å². The molecule has 134 heavy (non-hydrogen) atoms. The van der Waals surface area contributed by atoms with Crippen LogP contribution in [-0.4, -0.2) is 199 Å². The van der Waals surface area contributed by atoms with E-state index in [-0.39, 0.29) is 119 Å². The fourth-order valence-corrected chi connectivity index (χ4v) is 19.6. The summed E-state index contributed by atoms with van der Waals surface area (Å²) < 4.78 is 199. The summed E-state index contributed by atoms with van der Waals surface area (Å²) in [4.78, 5) is 67.0. The number of rotatable bonds is 32. The Labute approximate surface area is 780 Å². The number of carbonyl (C=O) groups excluding carboxylic acids is 6. The summed E-state index contributed by atoms with van der Waals surface area (Å²) in [5.74, 6) is 1.09. The first kappa shape index (κ1) is 108. The molecule has 48 heteroatoms. The first-order chi connectivity index (χ1) is 62.8. The maximum Gasteiger partial charge on any atom is 0.407 e. The van der Waals surface area contributed by atoms with E-state index in [0.717, 1.165) is 32.1 Å². The van der Waals surface area contributed by atoms with Gasteiger partial charge in [-0.1, -0.05) is 79.7 Å². The van der Waals surface area contributed by atoms with Crippen molar-refractivity contribution in [3.8, 4) is 34.5 Å². The summed E-state index contributed by atoms with van der Waals surface area (Å²) in [6.45, 7) is 19.3. The van der Waals surface area contributed by atoms with Gasteiger partial charge in [0.15, 0.2) is 0 Å². The minimum Gasteiger partial charge on any atom is -0.493 e. The molecule has 0 atom stereocenters. The summed E-state index contributed by atoms with van der Waals surface area (Å²) in [6, 6.07) is 30.7. The maximum absolute atomic E-state index is 11.8. The Morgan fingerprint density at radius 2 is 0.664 bits per heavy atom. The predicted molar refractivity (Wildman–Crippen MR) is 507 cm³/mol. The van der Waals surface area contributed by atoms with Crippen molar-refractivity contribution in [2.75, 3.05) is 72.9 Å². The highest BCUT2D eigenvalue weighted by molar-refractivity contribution is 7.91. The average Bonchev–Trinajstić information content (AvgIpc) is 0.947. The number of fused-ring (bicyclic) bond motifs is 6. The third-order valence-corrected chi connectivity index (χ3v) is 25.8. The number of sulfonamides is 6. The predicted octanol–water partition coefficient (Wildman–Crippen LogP) is 4.66. The first-order valence-electron chi connectivity index (χ1n) is 41.9. The number of nitrogens with one attached hydrogen (secondary N) is 5. The van der Waals surface area contributed by atoms with E-state index < -0.39 is 77.2 Å². The second-order valence-corrected chi connectivity index (χ2v) is 41.9. The summed E-state index contributed by atoms with van der Waals surface area (Å²) in [5, 5.41) is 13.3. The van der Waals surface area contributed by atoms with Gasteiger partial charge in [-0.2, -0.15) is 0 Å². The fraction of sp³-hybridized carbons (Fsp3) is 0.419. The van der Waals surface area contributed by atoms with Gasteiger partial charge in [0.1, 0.15) is 101 Å². The molecule has 6 aliphatic heterocycles. The van der Waals surface area contributed by atoms with Crippen molar-refractivity contribution in [2.45, 2.75) is 154 Å². The van der Waals surface area contributed by atoms with Crippen molar-refractivity contribution in [3.05, 3.63) is 188 Å². The highest BCUT2D eigenvalue weighted by Crippen LogP contribution is 2.35. The van der Waals surface area contributed by atoms with Crippen LogP contribution in [0.3, 0.4) is 0 Å². The van der Waals surface area contributed by atoms with E-state index in [1.807, 2.05) is 6.92 Å². The van der Waals surface area contributed by atoms with Crippen molar-refractivity contribution in [2.24, 2.45) is 66.2 Å². The normalized spacial score (nSPS) is 15.9. The molecule has 0 spiro atoms. The number of benzene rings is 6. The molecule has 0 bridgehead atoms. The lowest BCUT2D eigenvalue weighted by molar-refractivity contribution is -0.130. The van der Waals surface area contributed by atoms with Crippen LogP contribution in [0.1, 0.15) is 180 Å².